The van der Waals surface area contributed by atoms with E-state index in [1.807, 2.05) is 18.4 Å². The quantitative estimate of drug-likeness (QED) is 0.909. The summed E-state index contributed by atoms with van der Waals surface area (Å²) in [4.78, 5) is 23.9. The normalized spacial score (nSPS) is 9.71. The first kappa shape index (κ1) is 14.8. The molecule has 0 aliphatic heterocycles. The predicted octanol–water partition coefficient (Wildman–Crippen LogP) is 3.16. The van der Waals surface area contributed by atoms with Gasteiger partial charge in [-0.3, -0.25) is 9.59 Å². The Bertz CT molecular complexity index is 702. The fourth-order valence-electron chi connectivity index (χ4n) is 1.75. The fraction of sp³-hybridized carbons (Fsp3) is 0.133. The lowest BCUT2D eigenvalue weighted by Crippen LogP contribution is -2.12. The molecule has 1 aromatic heterocycles. The van der Waals surface area contributed by atoms with Crippen LogP contribution in [0.4, 0.5) is 11.4 Å². The molecule has 21 heavy (non-hydrogen) atoms. The standard InChI is InChI=1S/C15H13N3O2S/c1-10-9-11(17-14(19)6-7-16)4-5-12(10)18-15(20)13-3-2-8-21-13/h2-5,8-9H,6H2,1H3,(H,17,19)(H,18,20). The van der Waals surface area contributed by atoms with Crippen LogP contribution in [-0.2, 0) is 4.79 Å². The van der Waals surface area contributed by atoms with Crippen molar-refractivity contribution in [2.45, 2.75) is 13.3 Å². The van der Waals surface area contributed by atoms with E-state index in [0.29, 0.717) is 16.3 Å². The molecule has 0 aliphatic rings. The van der Waals surface area contributed by atoms with E-state index in [2.05, 4.69) is 10.6 Å². The number of carbonyl (C=O) groups excluding carboxylic acids is 2. The zero-order valence-corrected chi connectivity index (χ0v) is 12.2. The van der Waals surface area contributed by atoms with E-state index in [9.17, 15) is 9.59 Å². The molecule has 0 aliphatic carbocycles. The van der Waals surface area contributed by atoms with Crippen molar-refractivity contribution in [3.8, 4) is 6.07 Å². The number of anilines is 2. The number of rotatable bonds is 4. The molecule has 2 amide bonds. The molecule has 0 saturated heterocycles. The van der Waals surface area contributed by atoms with Gasteiger partial charge in [-0.2, -0.15) is 5.26 Å². The lowest BCUT2D eigenvalue weighted by Gasteiger charge is -2.10. The Morgan fingerprint density at radius 3 is 2.71 bits per heavy atom. The SMILES string of the molecule is Cc1cc(NC(=O)CC#N)ccc1NC(=O)c1cccs1. The summed E-state index contributed by atoms with van der Waals surface area (Å²) in [6.45, 7) is 1.84. The Morgan fingerprint density at radius 2 is 2.10 bits per heavy atom. The second kappa shape index (κ2) is 6.68. The predicted molar refractivity (Wildman–Crippen MR) is 82.3 cm³/mol. The van der Waals surface area contributed by atoms with Crippen LogP contribution in [0.15, 0.2) is 35.7 Å². The molecule has 5 nitrogen and oxygen atoms in total. The van der Waals surface area contributed by atoms with Crippen LogP contribution in [0.2, 0.25) is 0 Å². The number of hydrogen-bond donors (Lipinski definition) is 2. The second-order valence-electron chi connectivity index (χ2n) is 4.34. The van der Waals surface area contributed by atoms with Gasteiger partial charge >= 0.3 is 0 Å². The summed E-state index contributed by atoms with van der Waals surface area (Å²) in [5.74, 6) is -0.512. The Hall–Kier alpha value is -2.65. The van der Waals surface area contributed by atoms with Gasteiger partial charge in [-0.25, -0.2) is 0 Å². The number of nitrogens with zero attached hydrogens (tertiary/aromatic N) is 1. The highest BCUT2D eigenvalue weighted by Crippen LogP contribution is 2.21. The summed E-state index contributed by atoms with van der Waals surface area (Å²) in [5.41, 5.74) is 2.11. The molecule has 2 aromatic rings. The maximum absolute atomic E-state index is 12.0. The van der Waals surface area contributed by atoms with Gasteiger partial charge in [0.1, 0.15) is 6.42 Å². The Balaban J connectivity index is 2.07. The molecule has 0 saturated carbocycles. The van der Waals surface area contributed by atoms with Gasteiger partial charge in [0.2, 0.25) is 5.91 Å². The summed E-state index contributed by atoms with van der Waals surface area (Å²) >= 11 is 1.37. The molecule has 0 unspecified atom stereocenters. The van der Waals surface area contributed by atoms with Crippen molar-refractivity contribution >= 4 is 34.5 Å². The molecule has 1 aromatic carbocycles. The molecule has 1 heterocycles. The fourth-order valence-corrected chi connectivity index (χ4v) is 2.37. The molecule has 0 fully saturated rings. The number of carbonyl (C=O) groups is 2. The van der Waals surface area contributed by atoms with Gasteiger partial charge in [0.05, 0.1) is 10.9 Å². The first-order chi connectivity index (χ1) is 10.1. The number of amides is 2. The number of nitriles is 1. The highest BCUT2D eigenvalue weighted by atomic mass is 32.1. The van der Waals surface area contributed by atoms with E-state index in [1.54, 1.807) is 30.3 Å². The Kier molecular flexibility index (Phi) is 4.69. The smallest absolute Gasteiger partial charge is 0.265 e. The highest BCUT2D eigenvalue weighted by Gasteiger charge is 2.09. The third kappa shape index (κ3) is 3.91. The summed E-state index contributed by atoms with van der Waals surface area (Å²) in [6, 6.07) is 10.5. The minimum absolute atomic E-state index is 0.158. The highest BCUT2D eigenvalue weighted by molar-refractivity contribution is 7.12. The molecule has 0 bridgehead atoms. The minimum atomic E-state index is -0.354. The first-order valence-corrected chi connectivity index (χ1v) is 7.10. The molecule has 2 rings (SSSR count). The zero-order chi connectivity index (χ0) is 15.2. The van der Waals surface area contributed by atoms with Crippen LogP contribution in [0.1, 0.15) is 21.7 Å². The molecule has 6 heteroatoms. The average Bonchev–Trinajstić information content (AvgIpc) is 2.96. The topological polar surface area (TPSA) is 82.0 Å². The zero-order valence-electron chi connectivity index (χ0n) is 11.3. The van der Waals surface area contributed by atoms with Gasteiger partial charge in [-0.15, -0.1) is 11.3 Å². The van der Waals surface area contributed by atoms with Crippen molar-refractivity contribution in [1.82, 2.24) is 0 Å². The first-order valence-electron chi connectivity index (χ1n) is 6.22. The molecule has 0 spiro atoms. The maximum Gasteiger partial charge on any atom is 0.265 e. The summed E-state index contributed by atoms with van der Waals surface area (Å²) in [7, 11) is 0. The summed E-state index contributed by atoms with van der Waals surface area (Å²) < 4.78 is 0. The van der Waals surface area contributed by atoms with Crippen LogP contribution < -0.4 is 10.6 Å². The van der Waals surface area contributed by atoms with Crippen molar-refractivity contribution in [3.05, 3.63) is 46.2 Å². The van der Waals surface area contributed by atoms with Crippen LogP contribution in [0.25, 0.3) is 0 Å². The monoisotopic (exact) mass is 299 g/mol. The van der Waals surface area contributed by atoms with Gasteiger partial charge in [-0.05, 0) is 42.1 Å². The van der Waals surface area contributed by atoms with Crippen molar-refractivity contribution in [2.24, 2.45) is 0 Å². The van der Waals surface area contributed by atoms with Crippen LogP contribution in [-0.4, -0.2) is 11.8 Å². The van der Waals surface area contributed by atoms with E-state index in [1.165, 1.54) is 11.3 Å². The molecule has 2 N–H and O–H groups in total. The van der Waals surface area contributed by atoms with Crippen molar-refractivity contribution < 1.29 is 9.59 Å². The number of thiophene rings is 1. The Morgan fingerprint density at radius 1 is 1.29 bits per heavy atom. The molecule has 0 atom stereocenters. The largest absolute Gasteiger partial charge is 0.325 e. The van der Waals surface area contributed by atoms with Crippen molar-refractivity contribution in [2.75, 3.05) is 10.6 Å². The average molecular weight is 299 g/mol. The lowest BCUT2D eigenvalue weighted by atomic mass is 10.1. The molecule has 0 radical (unpaired) electrons. The third-order valence-electron chi connectivity index (χ3n) is 2.74. The van der Waals surface area contributed by atoms with Gasteiger partial charge < -0.3 is 10.6 Å². The Labute approximate surface area is 126 Å². The molecule has 106 valence electrons. The maximum atomic E-state index is 12.0. The van der Waals surface area contributed by atoms with E-state index in [-0.39, 0.29) is 18.2 Å². The number of benzene rings is 1. The van der Waals surface area contributed by atoms with Gasteiger partial charge in [0.25, 0.3) is 5.91 Å². The summed E-state index contributed by atoms with van der Waals surface area (Å²) in [6.07, 6.45) is -0.185. The third-order valence-corrected chi connectivity index (χ3v) is 3.61. The summed E-state index contributed by atoms with van der Waals surface area (Å²) in [5, 5.41) is 15.7. The van der Waals surface area contributed by atoms with Gasteiger partial charge in [0.15, 0.2) is 0 Å². The van der Waals surface area contributed by atoms with Crippen LogP contribution in [0.5, 0.6) is 0 Å². The van der Waals surface area contributed by atoms with Crippen LogP contribution >= 0.6 is 11.3 Å². The van der Waals surface area contributed by atoms with E-state index < -0.39 is 0 Å². The molecular weight excluding hydrogens is 286 g/mol. The van der Waals surface area contributed by atoms with Gasteiger partial charge in [0, 0.05) is 11.4 Å². The minimum Gasteiger partial charge on any atom is -0.325 e. The van der Waals surface area contributed by atoms with E-state index in [4.69, 9.17) is 5.26 Å². The van der Waals surface area contributed by atoms with Crippen molar-refractivity contribution in [1.29, 1.82) is 5.26 Å². The molecular formula is C15H13N3O2S. The van der Waals surface area contributed by atoms with Crippen LogP contribution in [0.3, 0.4) is 0 Å². The van der Waals surface area contributed by atoms with Gasteiger partial charge in [-0.1, -0.05) is 6.07 Å². The number of aryl methyl sites for hydroxylation is 1. The van der Waals surface area contributed by atoms with E-state index >= 15 is 0 Å². The lowest BCUT2D eigenvalue weighted by molar-refractivity contribution is -0.115. The van der Waals surface area contributed by atoms with Crippen LogP contribution in [0, 0.1) is 18.3 Å². The number of nitrogens with one attached hydrogen (secondary N) is 2. The van der Waals surface area contributed by atoms with E-state index in [0.717, 1.165) is 5.56 Å². The van der Waals surface area contributed by atoms with Crippen molar-refractivity contribution in [3.63, 3.8) is 0 Å². The second-order valence-corrected chi connectivity index (χ2v) is 5.29. The number of hydrogen-bond acceptors (Lipinski definition) is 4.